The molecule has 3 saturated heterocycles. The van der Waals surface area contributed by atoms with E-state index in [1.807, 2.05) is 0 Å². The quantitative estimate of drug-likeness (QED) is 0.722. The molecule has 0 radical (unpaired) electrons. The molecule has 160 valence electrons. The van der Waals surface area contributed by atoms with Crippen molar-refractivity contribution in [2.75, 3.05) is 39.3 Å². The van der Waals surface area contributed by atoms with Gasteiger partial charge in [0, 0.05) is 44.1 Å². The second-order valence-electron chi connectivity index (χ2n) is 8.76. The third kappa shape index (κ3) is 5.47. The van der Waals surface area contributed by atoms with E-state index in [9.17, 15) is 9.59 Å². The molecule has 3 aliphatic heterocycles. The zero-order valence-electron chi connectivity index (χ0n) is 17.8. The lowest BCUT2D eigenvalue weighted by molar-refractivity contribution is -0.137. The van der Waals surface area contributed by atoms with Gasteiger partial charge in [-0.05, 0) is 64.5 Å². The molecule has 28 heavy (non-hydrogen) atoms. The number of carbonyl (C=O) groups excluding carboxylic acids is 2. The van der Waals surface area contributed by atoms with Crippen LogP contribution in [0.1, 0.15) is 65.2 Å². The van der Waals surface area contributed by atoms with Crippen LogP contribution < -0.4 is 5.32 Å². The van der Waals surface area contributed by atoms with Gasteiger partial charge in [-0.1, -0.05) is 13.8 Å². The van der Waals surface area contributed by atoms with Crippen molar-refractivity contribution in [3.63, 3.8) is 0 Å². The summed E-state index contributed by atoms with van der Waals surface area (Å²) in [6.45, 7) is 9.51. The van der Waals surface area contributed by atoms with E-state index in [2.05, 4.69) is 29.0 Å². The Morgan fingerprint density at radius 3 is 2.25 bits per heavy atom. The molecule has 0 aliphatic carbocycles. The van der Waals surface area contributed by atoms with Crippen LogP contribution in [0.15, 0.2) is 0 Å². The maximum atomic E-state index is 12.6. The summed E-state index contributed by atoms with van der Waals surface area (Å²) in [5, 5.41) is 3.10. The van der Waals surface area contributed by atoms with Crippen LogP contribution >= 0.6 is 0 Å². The van der Waals surface area contributed by atoms with Gasteiger partial charge >= 0.3 is 0 Å². The van der Waals surface area contributed by atoms with Crippen LogP contribution in [0, 0.1) is 11.8 Å². The van der Waals surface area contributed by atoms with Gasteiger partial charge in [0.1, 0.15) is 0 Å². The molecule has 6 heteroatoms. The Kier molecular flexibility index (Phi) is 8.15. The van der Waals surface area contributed by atoms with Crippen LogP contribution in [-0.4, -0.2) is 73.1 Å². The summed E-state index contributed by atoms with van der Waals surface area (Å²) in [6, 6.07) is 0.571. The Balaban J connectivity index is 1.36. The standard InChI is InChI=1S/C22H39N3O3/c1-3-17(4-2)22(27)25-13-9-19(10-14-25)24-11-7-18(8-12-24)21(26)23-16-20-6-5-15-28-20/h17-20H,3-16H2,1-2H3,(H,23,26). The number of carbonyl (C=O) groups is 2. The fourth-order valence-corrected chi connectivity index (χ4v) is 5.04. The van der Waals surface area contributed by atoms with Gasteiger partial charge in [-0.3, -0.25) is 9.59 Å². The van der Waals surface area contributed by atoms with E-state index >= 15 is 0 Å². The minimum atomic E-state index is 0.147. The van der Waals surface area contributed by atoms with Gasteiger partial charge in [0.15, 0.2) is 0 Å². The van der Waals surface area contributed by atoms with E-state index in [-0.39, 0.29) is 23.8 Å². The van der Waals surface area contributed by atoms with Crippen molar-refractivity contribution in [2.24, 2.45) is 11.8 Å². The van der Waals surface area contributed by atoms with Crippen molar-refractivity contribution in [2.45, 2.75) is 77.4 Å². The first-order chi connectivity index (χ1) is 13.6. The van der Waals surface area contributed by atoms with Gasteiger partial charge < -0.3 is 19.9 Å². The van der Waals surface area contributed by atoms with Crippen molar-refractivity contribution < 1.29 is 14.3 Å². The average molecular weight is 394 g/mol. The zero-order valence-corrected chi connectivity index (χ0v) is 17.8. The highest BCUT2D eigenvalue weighted by Gasteiger charge is 2.32. The van der Waals surface area contributed by atoms with Crippen molar-refractivity contribution in [3.8, 4) is 0 Å². The number of nitrogens with zero attached hydrogens (tertiary/aromatic N) is 2. The number of rotatable bonds is 7. The number of hydrogen-bond donors (Lipinski definition) is 1. The van der Waals surface area contributed by atoms with Gasteiger partial charge in [-0.25, -0.2) is 0 Å². The normalized spacial score (nSPS) is 25.4. The lowest BCUT2D eigenvalue weighted by Crippen LogP contribution is -2.51. The molecule has 0 aromatic rings. The Bertz CT molecular complexity index is 501. The van der Waals surface area contributed by atoms with Crippen LogP contribution in [-0.2, 0) is 14.3 Å². The van der Waals surface area contributed by atoms with Crippen LogP contribution in [0.5, 0.6) is 0 Å². The second kappa shape index (κ2) is 10.6. The molecule has 0 saturated carbocycles. The predicted molar refractivity (Wildman–Crippen MR) is 110 cm³/mol. The molecule has 0 aromatic heterocycles. The number of hydrogen-bond acceptors (Lipinski definition) is 4. The lowest BCUT2D eigenvalue weighted by Gasteiger charge is -2.42. The first-order valence-corrected chi connectivity index (χ1v) is 11.5. The van der Waals surface area contributed by atoms with E-state index in [1.165, 1.54) is 0 Å². The first-order valence-electron chi connectivity index (χ1n) is 11.5. The SMILES string of the molecule is CCC(CC)C(=O)N1CCC(N2CCC(C(=O)NCC3CCCO3)CC2)CC1. The summed E-state index contributed by atoms with van der Waals surface area (Å²) in [4.78, 5) is 29.7. The Morgan fingerprint density at radius 2 is 1.68 bits per heavy atom. The summed E-state index contributed by atoms with van der Waals surface area (Å²) in [5.41, 5.74) is 0. The van der Waals surface area contributed by atoms with Crippen molar-refractivity contribution >= 4 is 11.8 Å². The van der Waals surface area contributed by atoms with Gasteiger partial charge in [-0.15, -0.1) is 0 Å². The summed E-state index contributed by atoms with van der Waals surface area (Å²) in [5.74, 6) is 0.903. The van der Waals surface area contributed by atoms with E-state index in [1.54, 1.807) is 0 Å². The first kappa shape index (κ1) is 21.6. The van der Waals surface area contributed by atoms with Crippen LogP contribution in [0.3, 0.4) is 0 Å². The Labute approximate surface area is 170 Å². The van der Waals surface area contributed by atoms with Crippen molar-refractivity contribution in [1.82, 2.24) is 15.1 Å². The van der Waals surface area contributed by atoms with Crippen LogP contribution in [0.4, 0.5) is 0 Å². The predicted octanol–water partition coefficient (Wildman–Crippen LogP) is 2.42. The number of amides is 2. The average Bonchev–Trinajstić information content (AvgIpc) is 3.27. The Hall–Kier alpha value is -1.14. The molecule has 2 amide bonds. The number of piperidine rings is 2. The van der Waals surface area contributed by atoms with Gasteiger partial charge in [0.25, 0.3) is 0 Å². The highest BCUT2D eigenvalue weighted by Crippen LogP contribution is 2.25. The van der Waals surface area contributed by atoms with Gasteiger partial charge in [0.2, 0.25) is 11.8 Å². The fraction of sp³-hybridized carbons (Fsp3) is 0.909. The molecular formula is C22H39N3O3. The second-order valence-corrected chi connectivity index (χ2v) is 8.76. The zero-order chi connectivity index (χ0) is 19.9. The highest BCUT2D eigenvalue weighted by atomic mass is 16.5. The maximum Gasteiger partial charge on any atom is 0.225 e. The topological polar surface area (TPSA) is 61.9 Å². The maximum absolute atomic E-state index is 12.6. The Morgan fingerprint density at radius 1 is 1.00 bits per heavy atom. The smallest absolute Gasteiger partial charge is 0.225 e. The van der Waals surface area contributed by atoms with Crippen molar-refractivity contribution in [3.05, 3.63) is 0 Å². The molecule has 1 atom stereocenters. The van der Waals surface area contributed by atoms with E-state index < -0.39 is 0 Å². The molecule has 3 aliphatic rings. The molecular weight excluding hydrogens is 354 g/mol. The monoisotopic (exact) mass is 393 g/mol. The summed E-state index contributed by atoms with van der Waals surface area (Å²) in [7, 11) is 0. The minimum Gasteiger partial charge on any atom is -0.376 e. The lowest BCUT2D eigenvalue weighted by atomic mass is 9.92. The van der Waals surface area contributed by atoms with Crippen LogP contribution in [0.2, 0.25) is 0 Å². The van der Waals surface area contributed by atoms with E-state index in [0.717, 1.165) is 84.2 Å². The largest absolute Gasteiger partial charge is 0.376 e. The molecule has 1 N–H and O–H groups in total. The van der Waals surface area contributed by atoms with Gasteiger partial charge in [-0.2, -0.15) is 0 Å². The van der Waals surface area contributed by atoms with Crippen molar-refractivity contribution in [1.29, 1.82) is 0 Å². The molecule has 3 fully saturated rings. The molecule has 1 unspecified atom stereocenters. The number of ether oxygens (including phenoxy) is 1. The van der Waals surface area contributed by atoms with Crippen LogP contribution in [0.25, 0.3) is 0 Å². The minimum absolute atomic E-state index is 0.147. The molecule has 6 nitrogen and oxygen atoms in total. The molecule has 0 bridgehead atoms. The molecule has 3 rings (SSSR count). The third-order valence-corrected chi connectivity index (χ3v) is 7.06. The van der Waals surface area contributed by atoms with E-state index in [0.29, 0.717) is 18.5 Å². The summed E-state index contributed by atoms with van der Waals surface area (Å²) < 4.78 is 5.59. The molecule has 3 heterocycles. The van der Waals surface area contributed by atoms with E-state index in [4.69, 9.17) is 4.74 Å². The molecule has 0 aromatic carbocycles. The number of likely N-dealkylation sites (tertiary alicyclic amines) is 2. The fourth-order valence-electron chi connectivity index (χ4n) is 5.04. The third-order valence-electron chi connectivity index (χ3n) is 7.06. The summed E-state index contributed by atoms with van der Waals surface area (Å²) >= 11 is 0. The highest BCUT2D eigenvalue weighted by molar-refractivity contribution is 5.79. The number of nitrogens with one attached hydrogen (secondary N) is 1. The van der Waals surface area contributed by atoms with Gasteiger partial charge in [0.05, 0.1) is 6.10 Å². The summed E-state index contributed by atoms with van der Waals surface area (Å²) in [6.07, 6.45) is 8.32. The molecule has 0 spiro atoms.